The van der Waals surface area contributed by atoms with Gasteiger partial charge < -0.3 is 41.6 Å². The maximum Gasteiger partial charge on any atom is 0.132 e. The third-order valence-electron chi connectivity index (χ3n) is 6.72. The zero-order valence-electron chi connectivity index (χ0n) is 16.0. The third kappa shape index (κ3) is 4.73. The summed E-state index contributed by atoms with van der Waals surface area (Å²) >= 11 is 0. The van der Waals surface area contributed by atoms with Crippen LogP contribution in [0.2, 0.25) is 0 Å². The van der Waals surface area contributed by atoms with Crippen LogP contribution >= 0.6 is 0 Å². The molecule has 0 aromatic heterocycles. The fourth-order valence-electron chi connectivity index (χ4n) is 4.94. The van der Waals surface area contributed by atoms with Crippen molar-refractivity contribution in [1.29, 1.82) is 0 Å². The van der Waals surface area contributed by atoms with Gasteiger partial charge in [0.15, 0.2) is 0 Å². The number of halogens is 1. The number of carboxylic acids is 1. The molecule has 1 aromatic carbocycles. The monoisotopic (exact) mass is 440 g/mol. The number of quaternary nitrogens is 1. The van der Waals surface area contributed by atoms with Crippen LogP contribution in [0.4, 0.5) is 0 Å². The molecule has 1 saturated carbocycles. The number of aliphatic hydroxyl groups is 2. The van der Waals surface area contributed by atoms with E-state index in [1.165, 1.54) is 25.9 Å². The number of aliphatic hydroxyl groups excluding tert-OH is 1. The number of fused-ring (bicyclic) bond motifs is 3. The van der Waals surface area contributed by atoms with E-state index in [0.717, 1.165) is 36.7 Å². The summed E-state index contributed by atoms with van der Waals surface area (Å²) < 4.78 is 1.12. The van der Waals surface area contributed by atoms with Gasteiger partial charge in [-0.3, -0.25) is 0 Å². The van der Waals surface area contributed by atoms with Gasteiger partial charge in [-0.05, 0) is 24.3 Å². The number of carbonyl (C=O) groups is 1. The first-order valence-electron chi connectivity index (χ1n) is 9.86. The number of piperidine rings is 3. The van der Waals surface area contributed by atoms with E-state index in [9.17, 15) is 20.1 Å². The molecule has 2 atom stereocenters. The van der Waals surface area contributed by atoms with Gasteiger partial charge in [-0.1, -0.05) is 43.2 Å². The number of benzene rings is 1. The van der Waals surface area contributed by atoms with E-state index in [1.807, 2.05) is 0 Å². The van der Waals surface area contributed by atoms with E-state index >= 15 is 0 Å². The number of hydrogen-bond acceptors (Lipinski definition) is 4. The van der Waals surface area contributed by atoms with Gasteiger partial charge in [0.1, 0.15) is 18.2 Å². The van der Waals surface area contributed by atoms with Gasteiger partial charge in [0.05, 0.1) is 26.1 Å². The van der Waals surface area contributed by atoms with Crippen molar-refractivity contribution in [2.75, 3.05) is 26.7 Å². The molecule has 27 heavy (non-hydrogen) atoms. The first kappa shape index (κ1) is 22.3. The molecule has 4 aliphatic rings. The van der Waals surface area contributed by atoms with Crippen LogP contribution in [0, 0.1) is 11.8 Å². The van der Waals surface area contributed by atoms with Crippen molar-refractivity contribution in [3.8, 4) is 0 Å². The lowest BCUT2D eigenvalue weighted by Gasteiger charge is -2.48. The first-order chi connectivity index (χ1) is 12.3. The van der Waals surface area contributed by atoms with Gasteiger partial charge in [-0.25, -0.2) is 0 Å². The number of nitrogens with zero attached hydrogens (tertiary/aromatic N) is 1. The Hall–Kier alpha value is -0.950. The lowest BCUT2D eigenvalue weighted by molar-refractivity contribution is -0.928. The van der Waals surface area contributed by atoms with Crippen LogP contribution in [-0.2, 0) is 10.4 Å². The highest BCUT2D eigenvalue weighted by atomic mass is 79.9. The van der Waals surface area contributed by atoms with E-state index in [2.05, 4.69) is 7.05 Å². The predicted molar refractivity (Wildman–Crippen MR) is 96.8 cm³/mol. The third-order valence-corrected chi connectivity index (χ3v) is 6.72. The molecular weight excluding hydrogens is 410 g/mol. The molecule has 2 N–H and O–H groups in total. The highest BCUT2D eigenvalue weighted by molar-refractivity contribution is 5.77. The fourth-order valence-corrected chi connectivity index (χ4v) is 4.94. The highest BCUT2D eigenvalue weighted by Crippen LogP contribution is 2.40. The predicted octanol–water partition coefficient (Wildman–Crippen LogP) is -1.96. The summed E-state index contributed by atoms with van der Waals surface area (Å²) in [4.78, 5) is 11.2. The van der Waals surface area contributed by atoms with Gasteiger partial charge in [0.25, 0.3) is 0 Å². The minimum Gasteiger partial charge on any atom is -1.00 e. The Labute approximate surface area is 172 Å². The second-order valence-corrected chi connectivity index (χ2v) is 8.56. The van der Waals surface area contributed by atoms with E-state index < -0.39 is 11.6 Å². The quantitative estimate of drug-likeness (QED) is 0.534. The number of carboxylic acid groups (broad SMARTS) is 1. The van der Waals surface area contributed by atoms with Crippen LogP contribution in [0.25, 0.3) is 0 Å². The zero-order valence-corrected chi connectivity index (χ0v) is 17.6. The van der Waals surface area contributed by atoms with Crippen molar-refractivity contribution in [1.82, 2.24) is 0 Å². The van der Waals surface area contributed by atoms with Crippen molar-refractivity contribution in [3.63, 3.8) is 0 Å². The van der Waals surface area contributed by atoms with Crippen LogP contribution in [0.15, 0.2) is 30.3 Å². The molecule has 3 saturated heterocycles. The number of carbonyl (C=O) groups excluding carboxylic acids is 1. The molecule has 4 fully saturated rings. The highest BCUT2D eigenvalue weighted by Gasteiger charge is 2.42. The van der Waals surface area contributed by atoms with Crippen LogP contribution in [0.5, 0.6) is 0 Å². The smallest absolute Gasteiger partial charge is 0.132 e. The molecule has 3 aliphatic heterocycles. The summed E-state index contributed by atoms with van der Waals surface area (Å²) in [7, 11) is 2.26. The summed E-state index contributed by atoms with van der Waals surface area (Å²) in [6.07, 6.45) is 5.96. The summed E-state index contributed by atoms with van der Waals surface area (Å²) in [5.74, 6) is -0.967. The molecule has 152 valence electrons. The SMILES string of the molecule is C[N+]12CCC(CC1)C(O)C2.O=C([O-])C(O)(c1ccccc1)C1CCCC1.[Br-]. The molecule has 0 radical (unpaired) electrons. The lowest BCUT2D eigenvalue weighted by atomic mass is 9.80. The van der Waals surface area contributed by atoms with Crippen molar-refractivity contribution in [3.05, 3.63) is 35.9 Å². The van der Waals surface area contributed by atoms with Crippen molar-refractivity contribution in [2.45, 2.75) is 50.2 Å². The average Bonchev–Trinajstić information content (AvgIpc) is 3.17. The Morgan fingerprint density at radius 2 is 1.67 bits per heavy atom. The molecular formula is C21H31BrNO4-. The molecule has 3 heterocycles. The maximum atomic E-state index is 11.2. The fraction of sp³-hybridized carbons (Fsp3) is 0.667. The minimum atomic E-state index is -1.82. The molecule has 0 spiro atoms. The van der Waals surface area contributed by atoms with E-state index in [1.54, 1.807) is 30.3 Å². The lowest BCUT2D eigenvalue weighted by Crippen LogP contribution is -3.00. The second-order valence-electron chi connectivity index (χ2n) is 8.56. The summed E-state index contributed by atoms with van der Waals surface area (Å²) in [6, 6.07) is 8.56. The van der Waals surface area contributed by atoms with Crippen LogP contribution in [0.1, 0.15) is 44.1 Å². The van der Waals surface area contributed by atoms with Gasteiger partial charge in [0.2, 0.25) is 0 Å². The summed E-state index contributed by atoms with van der Waals surface area (Å²) in [6.45, 7) is 3.59. The van der Waals surface area contributed by atoms with E-state index in [-0.39, 0.29) is 29.0 Å². The number of rotatable bonds is 3. The van der Waals surface area contributed by atoms with Crippen LogP contribution in [-0.4, -0.2) is 53.5 Å². The summed E-state index contributed by atoms with van der Waals surface area (Å²) in [5, 5.41) is 31.2. The Bertz CT molecular complexity index is 612. The van der Waals surface area contributed by atoms with Gasteiger partial charge in [0, 0.05) is 18.8 Å². The Morgan fingerprint density at radius 3 is 2.07 bits per heavy atom. The number of aliphatic carboxylic acids is 1. The summed E-state index contributed by atoms with van der Waals surface area (Å²) in [5.41, 5.74) is -1.39. The van der Waals surface area contributed by atoms with Gasteiger partial charge >= 0.3 is 0 Å². The molecule has 2 bridgehead atoms. The number of likely N-dealkylation sites (N-methyl/N-ethyl adjacent to an activating group) is 1. The van der Waals surface area contributed by atoms with Gasteiger partial charge in [-0.2, -0.15) is 0 Å². The van der Waals surface area contributed by atoms with Crippen LogP contribution < -0.4 is 22.1 Å². The molecule has 5 nitrogen and oxygen atoms in total. The number of hydrogen-bond donors (Lipinski definition) is 2. The van der Waals surface area contributed by atoms with Gasteiger partial charge in [-0.15, -0.1) is 0 Å². The topological polar surface area (TPSA) is 80.6 Å². The van der Waals surface area contributed by atoms with E-state index in [4.69, 9.17) is 0 Å². The second kappa shape index (κ2) is 9.03. The molecule has 1 aliphatic carbocycles. The molecule has 1 aromatic rings. The minimum absolute atomic E-state index is 0. The maximum absolute atomic E-state index is 11.2. The van der Waals surface area contributed by atoms with E-state index in [0.29, 0.717) is 11.5 Å². The average molecular weight is 441 g/mol. The Kier molecular flexibility index (Phi) is 7.47. The van der Waals surface area contributed by atoms with Crippen molar-refractivity contribution in [2.24, 2.45) is 11.8 Å². The van der Waals surface area contributed by atoms with Crippen molar-refractivity contribution < 1.29 is 41.6 Å². The largest absolute Gasteiger partial charge is 1.00 e. The zero-order chi connectivity index (χ0) is 18.8. The van der Waals surface area contributed by atoms with Crippen LogP contribution in [0.3, 0.4) is 0 Å². The molecule has 0 amide bonds. The Morgan fingerprint density at radius 1 is 1.11 bits per heavy atom. The Balaban J connectivity index is 0.000000205. The standard InChI is InChI=1S/C13H16O3.C8H16NO.BrH/c14-12(15)13(16,11-8-4-5-9-11)10-6-2-1-3-7-10;1-9-4-2-7(3-5-9)8(10)6-9;/h1-3,6-7,11,16H,4-5,8-9H2,(H,14,15);7-8,10H,2-6H2,1H3;1H/q;+1;/p-2. The molecule has 5 rings (SSSR count). The normalized spacial score (nSPS) is 32.0. The first-order valence-corrected chi connectivity index (χ1v) is 9.86. The molecule has 6 heteroatoms. The van der Waals surface area contributed by atoms with Crippen molar-refractivity contribution >= 4 is 5.97 Å². The molecule has 2 unspecified atom stereocenters.